The summed E-state index contributed by atoms with van der Waals surface area (Å²) in [7, 11) is 0. The van der Waals surface area contributed by atoms with Crippen molar-refractivity contribution in [3.05, 3.63) is 65.5 Å². The van der Waals surface area contributed by atoms with Crippen LogP contribution in [0.2, 0.25) is 0 Å². The molecule has 0 radical (unpaired) electrons. The van der Waals surface area contributed by atoms with Crippen molar-refractivity contribution in [3.63, 3.8) is 0 Å². The van der Waals surface area contributed by atoms with Crippen molar-refractivity contribution < 1.29 is 9.59 Å². The molecule has 1 aromatic carbocycles. The number of hydrogen-bond donors (Lipinski definition) is 2. The molecule has 2 rings (SSSR count). The molecule has 2 N–H and O–H groups in total. The van der Waals surface area contributed by atoms with Crippen LogP contribution in [0.25, 0.3) is 0 Å². The van der Waals surface area contributed by atoms with E-state index in [9.17, 15) is 9.59 Å². The highest BCUT2D eigenvalue weighted by Gasteiger charge is 2.24. The second-order valence-corrected chi connectivity index (χ2v) is 6.14. The summed E-state index contributed by atoms with van der Waals surface area (Å²) in [5.41, 5.74) is 2.53. The zero-order valence-corrected chi connectivity index (χ0v) is 14.2. The molecule has 1 aromatic heterocycles. The first-order valence-corrected chi connectivity index (χ1v) is 8.01. The Morgan fingerprint density at radius 1 is 1.12 bits per heavy atom. The van der Waals surface area contributed by atoms with Gasteiger partial charge in [-0.3, -0.25) is 14.6 Å². The summed E-state index contributed by atoms with van der Waals surface area (Å²) >= 11 is 0. The minimum absolute atomic E-state index is 0.0174. The van der Waals surface area contributed by atoms with Crippen molar-refractivity contribution in [1.82, 2.24) is 15.6 Å². The molecule has 0 spiro atoms. The van der Waals surface area contributed by atoms with Crippen molar-refractivity contribution in [1.29, 1.82) is 0 Å². The molecule has 2 aromatic rings. The molecule has 2 amide bonds. The number of carbonyl (C=O) groups excluding carboxylic acids is 2. The Labute approximate surface area is 142 Å². The number of nitrogens with zero attached hydrogens (tertiary/aromatic N) is 1. The van der Waals surface area contributed by atoms with Gasteiger partial charge in [0.25, 0.3) is 5.91 Å². The Hall–Kier alpha value is -2.69. The van der Waals surface area contributed by atoms with E-state index in [0.717, 1.165) is 11.1 Å². The number of amides is 2. The lowest BCUT2D eigenvalue weighted by Crippen LogP contribution is -2.49. The molecule has 1 atom stereocenters. The van der Waals surface area contributed by atoms with Crippen molar-refractivity contribution in [2.75, 3.05) is 0 Å². The monoisotopic (exact) mass is 325 g/mol. The molecule has 5 nitrogen and oxygen atoms in total. The van der Waals surface area contributed by atoms with Crippen LogP contribution in [0.15, 0.2) is 48.8 Å². The van der Waals surface area contributed by atoms with Gasteiger partial charge in [0.05, 0.1) is 0 Å². The minimum atomic E-state index is -0.583. The van der Waals surface area contributed by atoms with Crippen LogP contribution in [0.5, 0.6) is 0 Å². The maximum Gasteiger partial charge on any atom is 0.251 e. The lowest BCUT2D eigenvalue weighted by Gasteiger charge is -2.22. The van der Waals surface area contributed by atoms with Gasteiger partial charge < -0.3 is 10.6 Å². The Morgan fingerprint density at radius 3 is 2.46 bits per heavy atom. The van der Waals surface area contributed by atoms with E-state index in [-0.39, 0.29) is 17.7 Å². The van der Waals surface area contributed by atoms with E-state index in [0.29, 0.717) is 12.1 Å². The Bertz CT molecular complexity index is 699. The van der Waals surface area contributed by atoms with Crippen LogP contribution in [-0.4, -0.2) is 22.8 Å². The van der Waals surface area contributed by atoms with E-state index in [4.69, 9.17) is 0 Å². The lowest BCUT2D eigenvalue weighted by molar-refractivity contribution is -0.124. The van der Waals surface area contributed by atoms with Gasteiger partial charge in [-0.15, -0.1) is 0 Å². The van der Waals surface area contributed by atoms with E-state index in [1.54, 1.807) is 18.5 Å². The fourth-order valence-electron chi connectivity index (χ4n) is 2.35. The smallest absolute Gasteiger partial charge is 0.251 e. The van der Waals surface area contributed by atoms with Crippen LogP contribution in [0, 0.1) is 12.8 Å². The van der Waals surface area contributed by atoms with Crippen LogP contribution in [0.1, 0.15) is 35.3 Å². The summed E-state index contributed by atoms with van der Waals surface area (Å²) in [6.07, 6.45) is 3.36. The van der Waals surface area contributed by atoms with Gasteiger partial charge in [0, 0.05) is 24.5 Å². The zero-order valence-electron chi connectivity index (χ0n) is 14.2. The molecule has 0 aliphatic heterocycles. The van der Waals surface area contributed by atoms with E-state index in [2.05, 4.69) is 15.6 Å². The van der Waals surface area contributed by atoms with Crippen LogP contribution in [-0.2, 0) is 11.3 Å². The molecule has 1 unspecified atom stereocenters. The summed E-state index contributed by atoms with van der Waals surface area (Å²) < 4.78 is 0. The number of hydrogen-bond acceptors (Lipinski definition) is 3. The number of pyridine rings is 1. The molecule has 0 aliphatic carbocycles. The van der Waals surface area contributed by atoms with Crippen LogP contribution in [0.3, 0.4) is 0 Å². The van der Waals surface area contributed by atoms with Crippen LogP contribution < -0.4 is 10.6 Å². The third kappa shape index (κ3) is 4.91. The standard InChI is InChI=1S/C19H23N3O2/c1-13(2)17(19(24)21-12-15-7-9-20-10-8-15)22-18(23)16-6-4-5-14(3)11-16/h4-11,13,17H,12H2,1-3H3,(H,21,24)(H,22,23). The quantitative estimate of drug-likeness (QED) is 0.857. The fraction of sp³-hybridized carbons (Fsp3) is 0.316. The third-order valence-corrected chi connectivity index (χ3v) is 3.73. The molecule has 0 aliphatic rings. The van der Waals surface area contributed by atoms with Crippen molar-refractivity contribution in [2.24, 2.45) is 5.92 Å². The van der Waals surface area contributed by atoms with E-state index < -0.39 is 6.04 Å². The first-order valence-electron chi connectivity index (χ1n) is 8.01. The van der Waals surface area contributed by atoms with Gasteiger partial charge in [0.15, 0.2) is 0 Å². The van der Waals surface area contributed by atoms with Crippen molar-refractivity contribution >= 4 is 11.8 Å². The van der Waals surface area contributed by atoms with Gasteiger partial charge in [-0.2, -0.15) is 0 Å². The van der Waals surface area contributed by atoms with Crippen molar-refractivity contribution in [2.45, 2.75) is 33.4 Å². The second-order valence-electron chi connectivity index (χ2n) is 6.14. The SMILES string of the molecule is Cc1cccc(C(=O)NC(C(=O)NCc2ccncc2)C(C)C)c1. The Kier molecular flexibility index (Phi) is 6.07. The second kappa shape index (κ2) is 8.24. The Balaban J connectivity index is 2.00. The molecule has 5 heteroatoms. The topological polar surface area (TPSA) is 71.1 Å². The number of benzene rings is 1. The van der Waals surface area contributed by atoms with Gasteiger partial charge in [0.1, 0.15) is 6.04 Å². The molecule has 24 heavy (non-hydrogen) atoms. The largest absolute Gasteiger partial charge is 0.350 e. The lowest BCUT2D eigenvalue weighted by atomic mass is 10.0. The predicted octanol–water partition coefficient (Wildman–Crippen LogP) is 2.46. The third-order valence-electron chi connectivity index (χ3n) is 3.73. The average Bonchev–Trinajstić information content (AvgIpc) is 2.58. The van der Waals surface area contributed by atoms with Crippen LogP contribution in [0.4, 0.5) is 0 Å². The number of carbonyl (C=O) groups is 2. The molecule has 0 fully saturated rings. The van der Waals surface area contributed by atoms with Crippen LogP contribution >= 0.6 is 0 Å². The molecular weight excluding hydrogens is 302 g/mol. The normalized spacial score (nSPS) is 11.8. The van der Waals surface area contributed by atoms with Crippen molar-refractivity contribution in [3.8, 4) is 0 Å². The molecule has 0 saturated carbocycles. The van der Waals surface area contributed by atoms with Gasteiger partial charge in [-0.05, 0) is 42.7 Å². The predicted molar refractivity (Wildman–Crippen MR) is 93.4 cm³/mol. The molecular formula is C19H23N3O2. The van der Waals surface area contributed by atoms with Gasteiger partial charge in [-0.25, -0.2) is 0 Å². The van der Waals surface area contributed by atoms with E-state index in [1.807, 2.05) is 51.1 Å². The molecule has 126 valence electrons. The summed E-state index contributed by atoms with van der Waals surface area (Å²) in [6, 6.07) is 10.4. The first kappa shape index (κ1) is 17.7. The molecule has 0 bridgehead atoms. The summed E-state index contributed by atoms with van der Waals surface area (Å²) in [5, 5.41) is 5.70. The highest BCUT2D eigenvalue weighted by molar-refractivity contribution is 5.97. The summed E-state index contributed by atoms with van der Waals surface area (Å²) in [4.78, 5) is 28.8. The highest BCUT2D eigenvalue weighted by Crippen LogP contribution is 2.08. The fourth-order valence-corrected chi connectivity index (χ4v) is 2.35. The maximum atomic E-state index is 12.5. The Morgan fingerprint density at radius 2 is 1.83 bits per heavy atom. The highest BCUT2D eigenvalue weighted by atomic mass is 16.2. The number of aromatic nitrogens is 1. The molecule has 1 heterocycles. The minimum Gasteiger partial charge on any atom is -0.350 e. The van der Waals surface area contributed by atoms with E-state index in [1.165, 1.54) is 0 Å². The molecule has 0 saturated heterocycles. The van der Waals surface area contributed by atoms with Gasteiger partial charge in [0.2, 0.25) is 5.91 Å². The maximum absolute atomic E-state index is 12.5. The van der Waals surface area contributed by atoms with Gasteiger partial charge in [-0.1, -0.05) is 31.5 Å². The number of aryl methyl sites for hydroxylation is 1. The van der Waals surface area contributed by atoms with E-state index >= 15 is 0 Å². The first-order chi connectivity index (χ1) is 11.5. The summed E-state index contributed by atoms with van der Waals surface area (Å²) in [6.45, 7) is 6.16. The number of rotatable bonds is 6. The zero-order chi connectivity index (χ0) is 17.5. The average molecular weight is 325 g/mol. The van der Waals surface area contributed by atoms with Gasteiger partial charge >= 0.3 is 0 Å². The number of nitrogens with one attached hydrogen (secondary N) is 2. The summed E-state index contributed by atoms with van der Waals surface area (Å²) in [5.74, 6) is -0.449.